The Morgan fingerprint density at radius 3 is 1.25 bits per heavy atom. The van der Waals surface area contributed by atoms with Crippen LogP contribution in [0.4, 0.5) is 0 Å². The van der Waals surface area contributed by atoms with Gasteiger partial charge in [-0.2, -0.15) is 0 Å². The average molecular weight is 499 g/mol. The van der Waals surface area contributed by atoms with Crippen molar-refractivity contribution < 1.29 is 9.85 Å². The number of nitrogens with zero attached hydrogens (tertiary/aromatic N) is 4. The molecule has 0 radical (unpaired) electrons. The Kier molecular flexibility index (Phi) is 11.5. The van der Waals surface area contributed by atoms with Crippen molar-refractivity contribution in [3.63, 3.8) is 0 Å². The zero-order chi connectivity index (χ0) is 26.6. The normalized spacial score (nSPS) is 12.3. The minimum Gasteiger partial charge on any atom is -0.292 e. The van der Waals surface area contributed by atoms with Gasteiger partial charge in [-0.3, -0.25) is 30.0 Å². The Hall–Kier alpha value is -2.84. The summed E-state index contributed by atoms with van der Waals surface area (Å²) in [5.74, 6) is 0. The van der Waals surface area contributed by atoms with Crippen LogP contribution in [0.3, 0.4) is 0 Å². The van der Waals surface area contributed by atoms with E-state index in [2.05, 4.69) is 34.1 Å². The van der Waals surface area contributed by atoms with Crippen molar-refractivity contribution in [2.45, 2.75) is 77.5 Å². The van der Waals surface area contributed by atoms with Crippen molar-refractivity contribution in [1.29, 1.82) is 0 Å². The molecule has 0 saturated heterocycles. The van der Waals surface area contributed by atoms with Crippen molar-refractivity contribution in [2.75, 3.05) is 26.2 Å². The number of hydrogen-bond acceptors (Lipinski definition) is 6. The Labute approximate surface area is 215 Å². The van der Waals surface area contributed by atoms with E-state index >= 15 is 0 Å². The lowest BCUT2D eigenvalue weighted by atomic mass is 10.0. The zero-order valence-electron chi connectivity index (χ0n) is 22.3. The molecular formula is C28H42N4O4. The minimum atomic E-state index is -1.00. The molecule has 0 aliphatic carbocycles. The van der Waals surface area contributed by atoms with E-state index in [0.717, 1.165) is 49.9 Å². The fraction of sp³-hybridized carbons (Fsp3) is 0.571. The molecule has 0 aliphatic heterocycles. The molecular weight excluding hydrogens is 456 g/mol. The minimum absolute atomic E-state index is 0.196. The molecule has 8 nitrogen and oxygen atoms in total. The lowest BCUT2D eigenvalue weighted by Gasteiger charge is -2.28. The van der Waals surface area contributed by atoms with Gasteiger partial charge in [0, 0.05) is 50.6 Å². The molecule has 0 heterocycles. The average Bonchev–Trinajstić information content (AvgIpc) is 2.81. The third-order valence-corrected chi connectivity index (χ3v) is 6.41. The largest absolute Gasteiger partial charge is 0.292 e. The van der Waals surface area contributed by atoms with Crippen molar-refractivity contribution >= 4 is 0 Å². The van der Waals surface area contributed by atoms with E-state index in [-0.39, 0.29) is 9.85 Å². The molecule has 0 saturated carbocycles. The highest BCUT2D eigenvalue weighted by Crippen LogP contribution is 2.17. The van der Waals surface area contributed by atoms with Crippen LogP contribution in [0.2, 0.25) is 0 Å². The summed E-state index contributed by atoms with van der Waals surface area (Å²) < 4.78 is 0. The van der Waals surface area contributed by atoms with Gasteiger partial charge in [0.15, 0.2) is 0 Å². The summed E-state index contributed by atoms with van der Waals surface area (Å²) in [6, 6.07) is 20.1. The van der Waals surface area contributed by atoms with Crippen LogP contribution in [-0.2, 0) is 13.1 Å². The van der Waals surface area contributed by atoms with E-state index < -0.39 is 11.1 Å². The maximum absolute atomic E-state index is 11.5. The molecule has 0 fully saturated rings. The summed E-state index contributed by atoms with van der Waals surface area (Å²) in [6.07, 6.45) is 3.95. The molecule has 36 heavy (non-hydrogen) atoms. The highest BCUT2D eigenvalue weighted by molar-refractivity contribution is 5.15. The Morgan fingerprint density at radius 2 is 0.944 bits per heavy atom. The first-order valence-corrected chi connectivity index (χ1v) is 12.8. The van der Waals surface area contributed by atoms with Crippen LogP contribution in [0, 0.1) is 20.2 Å². The first-order valence-electron chi connectivity index (χ1n) is 12.8. The van der Waals surface area contributed by atoms with Crippen molar-refractivity contribution in [1.82, 2.24) is 9.80 Å². The summed E-state index contributed by atoms with van der Waals surface area (Å²) in [7, 11) is 0. The summed E-state index contributed by atoms with van der Waals surface area (Å²) in [6.45, 7) is 10.5. The predicted molar refractivity (Wildman–Crippen MR) is 144 cm³/mol. The quantitative estimate of drug-likeness (QED) is 0.159. The second-order valence-corrected chi connectivity index (χ2v) is 10.9. The van der Waals surface area contributed by atoms with E-state index in [1.54, 1.807) is 27.7 Å². The fourth-order valence-electron chi connectivity index (χ4n) is 4.35. The summed E-state index contributed by atoms with van der Waals surface area (Å²) >= 11 is 0. The van der Waals surface area contributed by atoms with Gasteiger partial charge in [-0.1, -0.05) is 73.5 Å². The summed E-state index contributed by atoms with van der Waals surface area (Å²) in [5, 5.41) is 23.0. The lowest BCUT2D eigenvalue weighted by molar-refractivity contribution is -0.561. The molecule has 2 aromatic rings. The highest BCUT2D eigenvalue weighted by Gasteiger charge is 2.34. The van der Waals surface area contributed by atoms with Gasteiger partial charge >= 0.3 is 0 Å². The first kappa shape index (κ1) is 29.4. The van der Waals surface area contributed by atoms with Gasteiger partial charge in [0.2, 0.25) is 11.1 Å². The highest BCUT2D eigenvalue weighted by atomic mass is 16.6. The van der Waals surface area contributed by atoms with E-state index in [1.165, 1.54) is 0 Å². The SMILES string of the molecule is CC(C)(CN(CCCCCCN(Cc1ccccc1)CC(C)(C)[N+](=O)[O-])Cc1ccccc1)[N+](=O)[O-]. The van der Waals surface area contributed by atoms with Gasteiger partial charge in [-0.05, 0) is 37.1 Å². The van der Waals surface area contributed by atoms with E-state index in [9.17, 15) is 20.2 Å². The molecule has 0 amide bonds. The molecule has 0 aromatic heterocycles. The van der Waals surface area contributed by atoms with Crippen molar-refractivity contribution in [3.05, 3.63) is 92.0 Å². The van der Waals surface area contributed by atoms with Crippen LogP contribution < -0.4 is 0 Å². The van der Waals surface area contributed by atoms with Gasteiger partial charge < -0.3 is 0 Å². The van der Waals surface area contributed by atoms with E-state index in [0.29, 0.717) is 26.2 Å². The maximum atomic E-state index is 11.5. The van der Waals surface area contributed by atoms with Crippen LogP contribution in [0.25, 0.3) is 0 Å². The van der Waals surface area contributed by atoms with Gasteiger partial charge in [0.25, 0.3) is 0 Å². The number of nitro groups is 2. The fourth-order valence-corrected chi connectivity index (χ4v) is 4.35. The topological polar surface area (TPSA) is 92.8 Å². The Bertz CT molecular complexity index is 858. The third-order valence-electron chi connectivity index (χ3n) is 6.41. The molecule has 8 heteroatoms. The first-order chi connectivity index (χ1) is 17.0. The molecule has 0 unspecified atom stereocenters. The van der Waals surface area contributed by atoms with Gasteiger partial charge in [-0.15, -0.1) is 0 Å². The van der Waals surface area contributed by atoms with Gasteiger partial charge in [0.1, 0.15) is 0 Å². The molecule has 0 spiro atoms. The molecule has 0 aliphatic rings. The Balaban J connectivity index is 1.86. The molecule has 0 atom stereocenters. The predicted octanol–water partition coefficient (Wildman–Crippen LogP) is 5.66. The Morgan fingerprint density at radius 1 is 0.611 bits per heavy atom. The van der Waals surface area contributed by atoms with E-state index in [4.69, 9.17) is 0 Å². The molecule has 0 N–H and O–H groups in total. The molecule has 2 rings (SSSR count). The zero-order valence-corrected chi connectivity index (χ0v) is 22.3. The van der Waals surface area contributed by atoms with Crippen LogP contribution in [0.5, 0.6) is 0 Å². The van der Waals surface area contributed by atoms with Crippen LogP contribution in [0.1, 0.15) is 64.5 Å². The number of hydrogen-bond donors (Lipinski definition) is 0. The molecule has 0 bridgehead atoms. The summed E-state index contributed by atoms with van der Waals surface area (Å²) in [5.41, 5.74) is 0.302. The van der Waals surface area contributed by atoms with Gasteiger partial charge in [0.05, 0.1) is 13.1 Å². The molecule has 2 aromatic carbocycles. The van der Waals surface area contributed by atoms with Crippen LogP contribution in [0.15, 0.2) is 60.7 Å². The van der Waals surface area contributed by atoms with Gasteiger partial charge in [-0.25, -0.2) is 0 Å². The number of benzene rings is 2. The van der Waals surface area contributed by atoms with E-state index in [1.807, 2.05) is 36.4 Å². The molecule has 198 valence electrons. The van der Waals surface area contributed by atoms with Crippen LogP contribution >= 0.6 is 0 Å². The lowest BCUT2D eigenvalue weighted by Crippen LogP contribution is -2.44. The number of rotatable bonds is 17. The number of unbranched alkanes of at least 4 members (excludes halogenated alkanes) is 3. The monoisotopic (exact) mass is 498 g/mol. The van der Waals surface area contributed by atoms with Crippen molar-refractivity contribution in [3.8, 4) is 0 Å². The third kappa shape index (κ3) is 10.4. The van der Waals surface area contributed by atoms with Crippen molar-refractivity contribution in [2.24, 2.45) is 0 Å². The smallest absolute Gasteiger partial charge is 0.229 e. The standard InChI is InChI=1S/C28H42N4O4/c1-27(2,31(33)34)23-29(21-25-15-9-7-10-16-25)19-13-5-6-14-20-30(24-28(3,4)32(35)36)22-26-17-11-8-12-18-26/h7-12,15-18H,5-6,13-14,19-24H2,1-4H3. The summed E-state index contributed by atoms with van der Waals surface area (Å²) in [4.78, 5) is 27.0. The maximum Gasteiger partial charge on any atom is 0.229 e. The second kappa shape index (κ2) is 14.0. The second-order valence-electron chi connectivity index (χ2n) is 10.9. The van der Waals surface area contributed by atoms with Crippen LogP contribution in [-0.4, -0.2) is 56.9 Å².